The first-order chi connectivity index (χ1) is 26.2. The number of hydrogen-bond acceptors (Lipinski definition) is 9. The first kappa shape index (κ1) is 40.1. The van der Waals surface area contributed by atoms with E-state index in [1.165, 1.54) is 30.4 Å². The number of para-hydroxylation sites is 1. The highest BCUT2D eigenvalue weighted by molar-refractivity contribution is 6.05. The number of hydrogen-bond donors (Lipinski definition) is 2. The molecule has 4 aliphatic rings. The van der Waals surface area contributed by atoms with Gasteiger partial charge in [-0.15, -0.1) is 0 Å². The molecule has 2 bridgehead atoms. The van der Waals surface area contributed by atoms with Gasteiger partial charge >= 0.3 is 0 Å². The van der Waals surface area contributed by atoms with Gasteiger partial charge in [-0.05, 0) is 78.7 Å². The Morgan fingerprint density at radius 3 is 2.35 bits per heavy atom. The number of amides is 3. The Labute approximate surface area is 324 Å². The summed E-state index contributed by atoms with van der Waals surface area (Å²) < 4.78 is 6.03. The summed E-state index contributed by atoms with van der Waals surface area (Å²) in [6.07, 6.45) is 1.91. The number of carbonyl (C=O) groups is 4. The molecule has 3 aromatic rings. The summed E-state index contributed by atoms with van der Waals surface area (Å²) in [5.41, 5.74) is 4.44. The van der Waals surface area contributed by atoms with Gasteiger partial charge in [0.1, 0.15) is 23.7 Å². The molecular weight excluding hydrogens is 697 g/mol. The van der Waals surface area contributed by atoms with Crippen molar-refractivity contribution >= 4 is 29.2 Å². The lowest BCUT2D eigenvalue weighted by Gasteiger charge is -2.62. The third-order valence-electron chi connectivity index (χ3n) is 12.7. The molecule has 2 N–H and O–H groups in total. The van der Waals surface area contributed by atoms with Gasteiger partial charge in [0.2, 0.25) is 11.8 Å². The number of methoxy groups -OCH3 is 1. The molecule has 3 saturated carbocycles. The molecule has 3 amide bonds. The number of nitrogens with one attached hydrogen (secondary N) is 1. The van der Waals surface area contributed by atoms with E-state index < -0.39 is 30.6 Å². The minimum absolute atomic E-state index is 0.0103. The number of anilines is 1. The fraction of sp³-hybridized carbons (Fsp3) is 0.500. The number of benzene rings is 3. The fourth-order valence-electron chi connectivity index (χ4n) is 9.22. The fourth-order valence-corrected chi connectivity index (χ4v) is 9.22. The van der Waals surface area contributed by atoms with Crippen LogP contribution in [-0.2, 0) is 32.2 Å². The minimum Gasteiger partial charge on any atom is -0.496 e. The summed E-state index contributed by atoms with van der Waals surface area (Å²) in [7, 11) is 6.83. The molecule has 11 heteroatoms. The van der Waals surface area contributed by atoms with E-state index in [9.17, 15) is 24.3 Å². The highest BCUT2D eigenvalue weighted by Gasteiger charge is 2.57. The maximum Gasteiger partial charge on any atom is 0.260 e. The molecule has 0 unspecified atom stereocenters. The molecule has 7 rings (SSSR count). The molecule has 0 radical (unpaired) electrons. The number of rotatable bonds is 13. The third kappa shape index (κ3) is 7.92. The van der Waals surface area contributed by atoms with E-state index in [0.29, 0.717) is 52.2 Å². The summed E-state index contributed by atoms with van der Waals surface area (Å²) in [5.74, 6) is -0.218. The Morgan fingerprint density at radius 1 is 1.00 bits per heavy atom. The number of aliphatic hydroxyl groups excluding tert-OH is 1. The maximum atomic E-state index is 14.2. The highest BCUT2D eigenvalue weighted by atomic mass is 16.7. The number of ketones is 1. The Balaban J connectivity index is 1.27. The number of hydroxylamine groups is 2. The van der Waals surface area contributed by atoms with Gasteiger partial charge in [0.25, 0.3) is 5.91 Å². The van der Waals surface area contributed by atoms with Crippen LogP contribution in [-0.4, -0.2) is 91.6 Å². The van der Waals surface area contributed by atoms with Gasteiger partial charge in [-0.25, -0.2) is 0 Å². The number of Topliss-reactive ketones (excluding diaryl/α,β-unsaturated/α-hetero) is 1. The number of imide groups is 1. The van der Waals surface area contributed by atoms with Crippen molar-refractivity contribution in [2.24, 2.45) is 29.1 Å². The molecular formula is C44H56N4O7. The van der Waals surface area contributed by atoms with Crippen molar-refractivity contribution in [3.05, 3.63) is 83.4 Å². The zero-order valence-electron chi connectivity index (χ0n) is 33.4. The van der Waals surface area contributed by atoms with Gasteiger partial charge in [-0.1, -0.05) is 69.3 Å². The molecule has 7 atom stereocenters. The second-order valence-electron chi connectivity index (χ2n) is 16.5. The minimum atomic E-state index is -0.960. The number of fused-ring (bicyclic) bond motifs is 2. The Hall–Kier alpha value is -4.58. The van der Waals surface area contributed by atoms with E-state index in [0.717, 1.165) is 17.7 Å². The summed E-state index contributed by atoms with van der Waals surface area (Å²) in [4.78, 5) is 63.5. The first-order valence-electron chi connectivity index (χ1n) is 19.3. The van der Waals surface area contributed by atoms with Crippen molar-refractivity contribution in [2.75, 3.05) is 39.8 Å². The number of aliphatic hydroxyl groups is 1. The lowest BCUT2D eigenvalue weighted by molar-refractivity contribution is -0.183. The highest BCUT2D eigenvalue weighted by Crippen LogP contribution is 2.61. The molecule has 1 aliphatic heterocycles. The topological polar surface area (TPSA) is 129 Å². The van der Waals surface area contributed by atoms with Crippen LogP contribution in [0.2, 0.25) is 0 Å². The van der Waals surface area contributed by atoms with Gasteiger partial charge in [-0.3, -0.25) is 28.9 Å². The Morgan fingerprint density at radius 2 is 1.73 bits per heavy atom. The van der Waals surface area contributed by atoms with Crippen molar-refractivity contribution in [3.63, 3.8) is 0 Å². The summed E-state index contributed by atoms with van der Waals surface area (Å²) in [6, 6.07) is 19.8. The van der Waals surface area contributed by atoms with Gasteiger partial charge < -0.3 is 20.1 Å². The van der Waals surface area contributed by atoms with Crippen molar-refractivity contribution in [3.8, 4) is 16.9 Å². The average molecular weight is 753 g/mol. The monoisotopic (exact) mass is 752 g/mol. The van der Waals surface area contributed by atoms with Crippen molar-refractivity contribution < 1.29 is 33.9 Å². The smallest absolute Gasteiger partial charge is 0.260 e. The van der Waals surface area contributed by atoms with Crippen LogP contribution in [0.4, 0.5) is 5.69 Å². The number of carbonyl (C=O) groups excluding carboxylic acids is 4. The number of ether oxygens (including phenoxy) is 1. The standard InChI is InChI=1S/C44H56N4O7/c1-26-35-22-32(44(35,3)4)23-36(26)45-42(52)40-39(27(2)50)37(25-49)55-48(40)24-29-15-12-16-34(41(29)54-8)30-19-31(21-33(20-30)46(5)6)43(53)47(7)38(51)18-17-28-13-10-9-11-14-28/h9-16,19-21,26,32,35-37,39-40,49H,17-18,22-25H2,1-8H3,(H,45,52)/t26-,32+,35-,36-,37-,39+,40-/m0/s1. The van der Waals surface area contributed by atoms with Crippen LogP contribution in [0.25, 0.3) is 11.1 Å². The van der Waals surface area contributed by atoms with Crippen molar-refractivity contribution in [1.29, 1.82) is 0 Å². The van der Waals surface area contributed by atoms with E-state index in [2.05, 4.69) is 26.1 Å². The van der Waals surface area contributed by atoms with E-state index in [1.807, 2.05) is 73.6 Å². The van der Waals surface area contributed by atoms with Crippen LogP contribution < -0.4 is 15.0 Å². The molecule has 0 spiro atoms. The van der Waals surface area contributed by atoms with E-state index >= 15 is 0 Å². The lowest BCUT2D eigenvalue weighted by Crippen LogP contribution is -2.62. The molecule has 4 fully saturated rings. The summed E-state index contributed by atoms with van der Waals surface area (Å²) in [5, 5.41) is 15.1. The van der Waals surface area contributed by atoms with Gasteiger partial charge in [0, 0.05) is 56.0 Å². The molecule has 1 saturated heterocycles. The third-order valence-corrected chi connectivity index (χ3v) is 12.7. The van der Waals surface area contributed by atoms with Gasteiger partial charge in [-0.2, -0.15) is 5.06 Å². The quantitative estimate of drug-likeness (QED) is 0.232. The molecule has 55 heavy (non-hydrogen) atoms. The molecule has 3 aromatic carbocycles. The average Bonchev–Trinajstić information content (AvgIpc) is 3.55. The first-order valence-corrected chi connectivity index (χ1v) is 19.3. The molecule has 1 heterocycles. The number of aryl methyl sites for hydroxylation is 1. The zero-order chi connectivity index (χ0) is 39.8. The van der Waals surface area contributed by atoms with Gasteiger partial charge in [0.05, 0.1) is 26.2 Å². The van der Waals surface area contributed by atoms with Crippen LogP contribution in [0, 0.1) is 29.1 Å². The van der Waals surface area contributed by atoms with Crippen LogP contribution in [0.3, 0.4) is 0 Å². The number of nitrogens with zero attached hydrogens (tertiary/aromatic N) is 3. The van der Waals surface area contributed by atoms with E-state index in [1.54, 1.807) is 19.2 Å². The molecule has 11 nitrogen and oxygen atoms in total. The van der Waals surface area contributed by atoms with E-state index in [4.69, 9.17) is 9.57 Å². The van der Waals surface area contributed by atoms with Crippen molar-refractivity contribution in [1.82, 2.24) is 15.3 Å². The second kappa shape index (κ2) is 16.3. The van der Waals surface area contributed by atoms with Gasteiger partial charge in [0.15, 0.2) is 0 Å². The SMILES string of the molecule is COc1c(CN2O[C@@H](CO)[C@@H](C(C)=O)[C@H]2C(=O)N[C@H]2C[C@H]3C[C@@H]([C@@H]2C)C3(C)C)cccc1-c1cc(C(=O)N(C)C(=O)CCc2ccccc2)cc(N(C)C)c1. The van der Waals surface area contributed by atoms with Crippen molar-refractivity contribution in [2.45, 2.75) is 78.1 Å². The molecule has 0 aromatic heterocycles. The Kier molecular flexibility index (Phi) is 11.9. The van der Waals surface area contributed by atoms with E-state index in [-0.39, 0.29) is 42.0 Å². The molecule has 3 aliphatic carbocycles. The normalized spacial score (nSPS) is 25.4. The summed E-state index contributed by atoms with van der Waals surface area (Å²) in [6.45, 7) is 7.94. The van der Waals surface area contributed by atoms with Crippen LogP contribution >= 0.6 is 0 Å². The van der Waals surface area contributed by atoms with Crippen LogP contribution in [0.1, 0.15) is 68.4 Å². The lowest BCUT2D eigenvalue weighted by atomic mass is 9.45. The Bertz CT molecular complexity index is 1910. The maximum absolute atomic E-state index is 14.2. The van der Waals surface area contributed by atoms with Crippen LogP contribution in [0.15, 0.2) is 66.7 Å². The second-order valence-corrected chi connectivity index (χ2v) is 16.5. The zero-order valence-corrected chi connectivity index (χ0v) is 33.4. The molecule has 294 valence electrons. The predicted molar refractivity (Wildman–Crippen MR) is 211 cm³/mol. The van der Waals surface area contributed by atoms with Crippen LogP contribution in [0.5, 0.6) is 5.75 Å². The predicted octanol–water partition coefficient (Wildman–Crippen LogP) is 5.53. The largest absolute Gasteiger partial charge is 0.496 e. The summed E-state index contributed by atoms with van der Waals surface area (Å²) >= 11 is 0.